The van der Waals surface area contributed by atoms with Crippen LogP contribution in [-0.2, 0) is 0 Å². The molecule has 2 aromatic carbocycles. The average Bonchev–Trinajstić information content (AvgIpc) is 3.42. The molecule has 0 amide bonds. The van der Waals surface area contributed by atoms with Gasteiger partial charge in [-0.05, 0) is 86.9 Å². The number of rotatable bonds is 7. The van der Waals surface area contributed by atoms with E-state index in [4.69, 9.17) is 0 Å². The van der Waals surface area contributed by atoms with Crippen molar-refractivity contribution in [2.24, 2.45) is 0 Å². The van der Waals surface area contributed by atoms with E-state index in [2.05, 4.69) is 38.8 Å². The average molecular weight is 517 g/mol. The molecule has 0 spiro atoms. The van der Waals surface area contributed by atoms with Crippen LogP contribution in [-0.4, -0.2) is 54.7 Å². The lowest BCUT2D eigenvalue weighted by atomic mass is 9.72. The highest BCUT2D eigenvalue weighted by atomic mass is 19.4. The predicted molar refractivity (Wildman–Crippen MR) is 140 cm³/mol. The number of alkyl halides is 3. The van der Waals surface area contributed by atoms with E-state index in [0.29, 0.717) is 25.3 Å². The van der Waals surface area contributed by atoms with Crippen molar-refractivity contribution in [3.05, 3.63) is 59.7 Å². The minimum Gasteiger partial charge on any atom is -0.406 e. The van der Waals surface area contributed by atoms with Crippen LogP contribution in [0, 0.1) is 0 Å². The molecule has 202 valence electrons. The SMILES string of the molecule is OC1([C@H](CN2CCC(c3ccccc3N3CCCC3)CC2)c2cccc(OC(F)(F)F)c2)CCCCC1. The molecule has 1 atom stereocenters. The molecule has 2 aliphatic heterocycles. The first-order valence-electron chi connectivity index (χ1n) is 14.0. The van der Waals surface area contributed by atoms with Gasteiger partial charge in [-0.25, -0.2) is 0 Å². The van der Waals surface area contributed by atoms with Crippen molar-refractivity contribution in [3.8, 4) is 5.75 Å². The highest BCUT2D eigenvalue weighted by Crippen LogP contribution is 2.43. The first-order valence-corrected chi connectivity index (χ1v) is 14.0. The van der Waals surface area contributed by atoms with Crippen LogP contribution in [0.25, 0.3) is 0 Å². The quantitative estimate of drug-likeness (QED) is 0.437. The fourth-order valence-corrected chi connectivity index (χ4v) is 6.79. The molecule has 0 unspecified atom stereocenters. The maximum absolute atomic E-state index is 12.9. The highest BCUT2D eigenvalue weighted by molar-refractivity contribution is 5.56. The van der Waals surface area contributed by atoms with Gasteiger partial charge in [-0.3, -0.25) is 0 Å². The molecule has 2 heterocycles. The molecule has 3 fully saturated rings. The Bertz CT molecular complexity index is 1020. The lowest BCUT2D eigenvalue weighted by Gasteiger charge is -2.43. The number of likely N-dealkylation sites (tertiary alicyclic amines) is 1. The standard InChI is InChI=1S/C30H39F3N2O2/c31-30(32,33)37-25-10-8-9-24(21-25)27(29(36)15-4-1-5-16-29)22-34-19-13-23(14-20-34)26-11-2-3-12-28(26)35-17-6-7-18-35/h2-3,8-12,21,23,27,36H,1,4-7,13-20,22H2/t27-/m1/s1. The Morgan fingerprint density at radius 2 is 1.59 bits per heavy atom. The van der Waals surface area contributed by atoms with Gasteiger partial charge in [0.1, 0.15) is 5.75 Å². The van der Waals surface area contributed by atoms with Crippen molar-refractivity contribution in [3.63, 3.8) is 0 Å². The monoisotopic (exact) mass is 516 g/mol. The normalized spacial score (nSPS) is 22.2. The largest absolute Gasteiger partial charge is 0.573 e. The van der Waals surface area contributed by atoms with Crippen molar-refractivity contribution in [2.45, 2.75) is 81.6 Å². The Morgan fingerprint density at radius 3 is 2.30 bits per heavy atom. The molecule has 1 aliphatic carbocycles. The van der Waals surface area contributed by atoms with Gasteiger partial charge in [0.05, 0.1) is 5.60 Å². The van der Waals surface area contributed by atoms with E-state index in [0.717, 1.165) is 63.8 Å². The van der Waals surface area contributed by atoms with Crippen molar-refractivity contribution >= 4 is 5.69 Å². The smallest absolute Gasteiger partial charge is 0.406 e. The second-order valence-corrected chi connectivity index (χ2v) is 11.2. The summed E-state index contributed by atoms with van der Waals surface area (Å²) < 4.78 is 42.9. The first kappa shape index (κ1) is 26.4. The second kappa shape index (κ2) is 11.2. The Hall–Kier alpha value is -2.25. The van der Waals surface area contributed by atoms with Crippen LogP contribution in [0.5, 0.6) is 5.75 Å². The molecular formula is C30H39F3N2O2. The third kappa shape index (κ3) is 6.43. The molecule has 37 heavy (non-hydrogen) atoms. The number of hydrogen-bond acceptors (Lipinski definition) is 4. The highest BCUT2D eigenvalue weighted by Gasteiger charge is 2.41. The van der Waals surface area contributed by atoms with Crippen LogP contribution in [0.15, 0.2) is 48.5 Å². The van der Waals surface area contributed by atoms with E-state index in [9.17, 15) is 18.3 Å². The summed E-state index contributed by atoms with van der Waals surface area (Å²) in [4.78, 5) is 4.93. The first-order chi connectivity index (χ1) is 17.8. The summed E-state index contributed by atoms with van der Waals surface area (Å²) in [6.45, 7) is 4.75. The Morgan fingerprint density at radius 1 is 0.892 bits per heavy atom. The molecule has 0 aromatic heterocycles. The zero-order chi connectivity index (χ0) is 25.9. The van der Waals surface area contributed by atoms with E-state index in [-0.39, 0.29) is 11.7 Å². The summed E-state index contributed by atoms with van der Waals surface area (Å²) in [6.07, 6.45) is 4.22. The Balaban J connectivity index is 1.31. The van der Waals surface area contributed by atoms with Crippen LogP contribution in [0.2, 0.25) is 0 Å². The lowest BCUT2D eigenvalue weighted by molar-refractivity contribution is -0.274. The van der Waals surface area contributed by atoms with Gasteiger partial charge >= 0.3 is 6.36 Å². The van der Waals surface area contributed by atoms with Gasteiger partial charge in [-0.15, -0.1) is 13.2 Å². The summed E-state index contributed by atoms with van der Waals surface area (Å²) in [5, 5.41) is 11.7. The third-order valence-corrected chi connectivity index (χ3v) is 8.71. The third-order valence-electron chi connectivity index (χ3n) is 8.71. The predicted octanol–water partition coefficient (Wildman–Crippen LogP) is 6.84. The van der Waals surface area contributed by atoms with Gasteiger partial charge in [-0.1, -0.05) is 49.6 Å². The van der Waals surface area contributed by atoms with E-state index in [1.807, 2.05) is 6.07 Å². The van der Waals surface area contributed by atoms with Gasteiger partial charge in [0.2, 0.25) is 0 Å². The van der Waals surface area contributed by atoms with Crippen LogP contribution in [0.1, 0.15) is 80.8 Å². The van der Waals surface area contributed by atoms with Crippen molar-refractivity contribution in [1.82, 2.24) is 4.90 Å². The Labute approximate surface area is 218 Å². The van der Waals surface area contributed by atoms with Crippen LogP contribution in [0.4, 0.5) is 18.9 Å². The molecule has 1 N–H and O–H groups in total. The molecule has 5 rings (SSSR count). The number of nitrogens with zero attached hydrogens (tertiary/aromatic N) is 2. The molecule has 0 bridgehead atoms. The fraction of sp³-hybridized carbons (Fsp3) is 0.600. The van der Waals surface area contributed by atoms with E-state index >= 15 is 0 Å². The summed E-state index contributed by atoms with van der Waals surface area (Å²) in [6, 6.07) is 15.1. The molecule has 2 saturated heterocycles. The zero-order valence-electron chi connectivity index (χ0n) is 21.6. The molecular weight excluding hydrogens is 477 g/mol. The number of benzene rings is 2. The van der Waals surface area contributed by atoms with Gasteiger partial charge < -0.3 is 19.6 Å². The van der Waals surface area contributed by atoms with Gasteiger partial charge in [0.25, 0.3) is 0 Å². The number of para-hydroxylation sites is 1. The van der Waals surface area contributed by atoms with Crippen LogP contribution >= 0.6 is 0 Å². The molecule has 0 radical (unpaired) electrons. The maximum Gasteiger partial charge on any atom is 0.573 e. The summed E-state index contributed by atoms with van der Waals surface area (Å²) in [5.74, 6) is 0.0393. The number of hydrogen-bond donors (Lipinski definition) is 1. The molecule has 1 saturated carbocycles. The number of aliphatic hydroxyl groups is 1. The summed E-state index contributed by atoms with van der Waals surface area (Å²) in [7, 11) is 0. The number of piperidine rings is 1. The van der Waals surface area contributed by atoms with Gasteiger partial charge in [0.15, 0.2) is 0 Å². The molecule has 7 heteroatoms. The Kier molecular flexibility index (Phi) is 8.01. The van der Waals surface area contributed by atoms with Crippen molar-refractivity contribution < 1.29 is 23.0 Å². The summed E-state index contributed by atoms with van der Waals surface area (Å²) in [5.41, 5.74) is 2.65. The molecule has 4 nitrogen and oxygen atoms in total. The molecule has 2 aromatic rings. The van der Waals surface area contributed by atoms with E-state index in [1.54, 1.807) is 6.07 Å². The van der Waals surface area contributed by atoms with Gasteiger partial charge in [-0.2, -0.15) is 0 Å². The van der Waals surface area contributed by atoms with Gasteiger partial charge in [0, 0.05) is 31.2 Å². The van der Waals surface area contributed by atoms with Crippen molar-refractivity contribution in [2.75, 3.05) is 37.6 Å². The minimum atomic E-state index is -4.73. The van der Waals surface area contributed by atoms with Crippen LogP contribution < -0.4 is 9.64 Å². The summed E-state index contributed by atoms with van der Waals surface area (Å²) >= 11 is 0. The number of halogens is 3. The topological polar surface area (TPSA) is 35.9 Å². The fourth-order valence-electron chi connectivity index (χ4n) is 6.79. The molecule has 3 aliphatic rings. The second-order valence-electron chi connectivity index (χ2n) is 11.2. The van der Waals surface area contributed by atoms with E-state index < -0.39 is 12.0 Å². The van der Waals surface area contributed by atoms with E-state index in [1.165, 1.54) is 36.2 Å². The van der Waals surface area contributed by atoms with Crippen molar-refractivity contribution in [1.29, 1.82) is 0 Å². The van der Waals surface area contributed by atoms with Crippen LogP contribution in [0.3, 0.4) is 0 Å². The lowest BCUT2D eigenvalue weighted by Crippen LogP contribution is -2.46. The maximum atomic E-state index is 12.9. The zero-order valence-corrected chi connectivity index (χ0v) is 21.6. The number of ether oxygens (including phenoxy) is 1. The minimum absolute atomic E-state index is 0.216. The number of anilines is 1.